The largest absolute Gasteiger partial charge is 0.418 e. The molecule has 1 aromatic carbocycles. The molecule has 106 valence electrons. The van der Waals surface area contributed by atoms with Crippen molar-refractivity contribution in [3.05, 3.63) is 29.3 Å². The number of hydrogen-bond donors (Lipinski definition) is 1. The fraction of sp³-hybridized carbons (Fsp3) is 0.571. The van der Waals surface area contributed by atoms with Gasteiger partial charge in [-0.05, 0) is 43.4 Å². The Balaban J connectivity index is 2.35. The van der Waals surface area contributed by atoms with Crippen molar-refractivity contribution in [1.82, 2.24) is 0 Å². The van der Waals surface area contributed by atoms with Crippen molar-refractivity contribution in [2.24, 2.45) is 5.92 Å². The van der Waals surface area contributed by atoms with Gasteiger partial charge in [0.1, 0.15) is 0 Å². The summed E-state index contributed by atoms with van der Waals surface area (Å²) in [5.74, 6) is 0.526. The molecule has 19 heavy (non-hydrogen) atoms. The molecule has 0 heterocycles. The predicted octanol–water partition coefficient (Wildman–Crippen LogP) is 3.43. The number of aliphatic hydroxyl groups is 1. The zero-order valence-electron chi connectivity index (χ0n) is 10.9. The minimum Gasteiger partial charge on any atom is -0.392 e. The van der Waals surface area contributed by atoms with Crippen molar-refractivity contribution in [3.63, 3.8) is 0 Å². The lowest BCUT2D eigenvalue weighted by atomic mass is 10.1. The molecule has 0 bridgehead atoms. The van der Waals surface area contributed by atoms with Crippen LogP contribution in [0.3, 0.4) is 0 Å². The number of anilines is 1. The average molecular weight is 273 g/mol. The summed E-state index contributed by atoms with van der Waals surface area (Å²) >= 11 is 0. The van der Waals surface area contributed by atoms with Crippen LogP contribution in [-0.4, -0.2) is 18.2 Å². The molecular weight excluding hydrogens is 255 g/mol. The first-order valence-electron chi connectivity index (χ1n) is 6.51. The minimum absolute atomic E-state index is 0.221. The van der Waals surface area contributed by atoms with E-state index >= 15 is 0 Å². The third-order valence-corrected chi connectivity index (χ3v) is 3.45. The van der Waals surface area contributed by atoms with Crippen LogP contribution in [-0.2, 0) is 12.8 Å². The molecule has 1 aromatic rings. The molecule has 0 amide bonds. The Morgan fingerprint density at radius 3 is 2.47 bits per heavy atom. The van der Waals surface area contributed by atoms with Gasteiger partial charge in [-0.2, -0.15) is 13.2 Å². The zero-order valence-corrected chi connectivity index (χ0v) is 10.9. The summed E-state index contributed by atoms with van der Waals surface area (Å²) in [6.07, 6.45) is -2.18. The summed E-state index contributed by atoms with van der Waals surface area (Å²) < 4.78 is 39.3. The van der Waals surface area contributed by atoms with E-state index in [9.17, 15) is 13.2 Å². The second-order valence-electron chi connectivity index (χ2n) is 4.99. The number of aliphatic hydroxyl groups excluding tert-OH is 1. The van der Waals surface area contributed by atoms with Gasteiger partial charge in [-0.3, -0.25) is 0 Å². The highest BCUT2D eigenvalue weighted by Crippen LogP contribution is 2.39. The molecule has 2 rings (SSSR count). The SMILES string of the molecule is CCN(CC1CC1)c1ccc(CO)cc1C(F)(F)F. The highest BCUT2D eigenvalue weighted by atomic mass is 19.4. The molecule has 1 N–H and O–H groups in total. The number of nitrogens with zero attached hydrogens (tertiary/aromatic N) is 1. The maximum atomic E-state index is 13.1. The van der Waals surface area contributed by atoms with Crippen molar-refractivity contribution in [2.45, 2.75) is 32.5 Å². The van der Waals surface area contributed by atoms with Gasteiger partial charge < -0.3 is 10.0 Å². The number of halogens is 3. The summed E-state index contributed by atoms with van der Waals surface area (Å²) in [5.41, 5.74) is -0.140. The van der Waals surface area contributed by atoms with E-state index in [-0.39, 0.29) is 12.3 Å². The molecule has 1 saturated carbocycles. The standard InChI is InChI=1S/C14H18F3NO/c1-2-18(8-10-3-4-10)13-6-5-11(9-19)7-12(13)14(15,16)17/h5-7,10,19H,2-4,8-9H2,1H3. The Bertz CT molecular complexity index is 441. The Morgan fingerprint density at radius 2 is 2.00 bits per heavy atom. The number of benzene rings is 1. The predicted molar refractivity (Wildman–Crippen MR) is 68.0 cm³/mol. The third-order valence-electron chi connectivity index (χ3n) is 3.45. The fourth-order valence-corrected chi connectivity index (χ4v) is 2.19. The van der Waals surface area contributed by atoms with Crippen LogP contribution >= 0.6 is 0 Å². The van der Waals surface area contributed by atoms with Gasteiger partial charge in [-0.25, -0.2) is 0 Å². The molecule has 0 aliphatic heterocycles. The quantitative estimate of drug-likeness (QED) is 0.888. The van der Waals surface area contributed by atoms with E-state index < -0.39 is 11.7 Å². The lowest BCUT2D eigenvalue weighted by Gasteiger charge is -2.27. The summed E-state index contributed by atoms with van der Waals surface area (Å²) in [4.78, 5) is 1.78. The van der Waals surface area contributed by atoms with E-state index in [0.717, 1.165) is 18.9 Å². The second-order valence-corrected chi connectivity index (χ2v) is 4.99. The third kappa shape index (κ3) is 3.41. The van der Waals surface area contributed by atoms with E-state index in [1.165, 1.54) is 6.07 Å². The Kier molecular flexibility index (Phi) is 4.04. The first kappa shape index (κ1) is 14.2. The highest BCUT2D eigenvalue weighted by molar-refractivity contribution is 5.56. The van der Waals surface area contributed by atoms with E-state index in [1.807, 2.05) is 6.92 Å². The number of alkyl halides is 3. The minimum atomic E-state index is -4.39. The molecule has 0 radical (unpaired) electrons. The van der Waals surface area contributed by atoms with Crippen LogP contribution in [0, 0.1) is 5.92 Å². The molecule has 0 aromatic heterocycles. The monoisotopic (exact) mass is 273 g/mol. The van der Waals surface area contributed by atoms with Crippen LogP contribution in [0.5, 0.6) is 0 Å². The van der Waals surface area contributed by atoms with Crippen molar-refractivity contribution in [2.75, 3.05) is 18.0 Å². The van der Waals surface area contributed by atoms with E-state index in [4.69, 9.17) is 5.11 Å². The van der Waals surface area contributed by atoms with Gasteiger partial charge in [0.25, 0.3) is 0 Å². The topological polar surface area (TPSA) is 23.5 Å². The Labute approximate surface area is 110 Å². The highest BCUT2D eigenvalue weighted by Gasteiger charge is 2.36. The molecule has 0 spiro atoms. The van der Waals surface area contributed by atoms with E-state index in [1.54, 1.807) is 11.0 Å². The fourth-order valence-electron chi connectivity index (χ4n) is 2.19. The summed E-state index contributed by atoms with van der Waals surface area (Å²) in [5, 5.41) is 8.99. The van der Waals surface area contributed by atoms with Crippen LogP contribution < -0.4 is 4.90 Å². The normalized spacial score (nSPS) is 15.6. The van der Waals surface area contributed by atoms with Gasteiger partial charge in [-0.1, -0.05) is 6.07 Å². The number of hydrogen-bond acceptors (Lipinski definition) is 2. The molecule has 1 aliphatic carbocycles. The first-order chi connectivity index (χ1) is 8.95. The van der Waals surface area contributed by atoms with Crippen LogP contribution in [0.15, 0.2) is 18.2 Å². The lowest BCUT2D eigenvalue weighted by Crippen LogP contribution is -2.28. The molecule has 2 nitrogen and oxygen atoms in total. The lowest BCUT2D eigenvalue weighted by molar-refractivity contribution is -0.137. The van der Waals surface area contributed by atoms with Gasteiger partial charge in [0, 0.05) is 18.8 Å². The van der Waals surface area contributed by atoms with E-state index in [2.05, 4.69) is 0 Å². The van der Waals surface area contributed by atoms with E-state index in [0.29, 0.717) is 24.6 Å². The van der Waals surface area contributed by atoms with Gasteiger partial charge in [0.2, 0.25) is 0 Å². The molecule has 0 atom stereocenters. The zero-order chi connectivity index (χ0) is 14.0. The number of rotatable bonds is 5. The molecule has 1 aliphatic rings. The molecule has 5 heteroatoms. The molecule has 1 fully saturated rings. The van der Waals surface area contributed by atoms with Gasteiger partial charge >= 0.3 is 6.18 Å². The summed E-state index contributed by atoms with van der Waals surface area (Å²) in [6, 6.07) is 4.07. The van der Waals surface area contributed by atoms with Crippen molar-refractivity contribution >= 4 is 5.69 Å². The smallest absolute Gasteiger partial charge is 0.392 e. The van der Waals surface area contributed by atoms with Crippen LogP contribution in [0.4, 0.5) is 18.9 Å². The maximum Gasteiger partial charge on any atom is 0.418 e. The Morgan fingerprint density at radius 1 is 1.32 bits per heavy atom. The Hall–Kier alpha value is -1.23. The van der Waals surface area contributed by atoms with Crippen molar-refractivity contribution < 1.29 is 18.3 Å². The van der Waals surface area contributed by atoms with Gasteiger partial charge in [0.15, 0.2) is 0 Å². The second kappa shape index (κ2) is 5.41. The van der Waals surface area contributed by atoms with Crippen molar-refractivity contribution in [3.8, 4) is 0 Å². The van der Waals surface area contributed by atoms with Crippen LogP contribution in [0.2, 0.25) is 0 Å². The van der Waals surface area contributed by atoms with Gasteiger partial charge in [0.05, 0.1) is 12.2 Å². The van der Waals surface area contributed by atoms with Crippen molar-refractivity contribution in [1.29, 1.82) is 0 Å². The van der Waals surface area contributed by atoms with Crippen LogP contribution in [0.25, 0.3) is 0 Å². The summed E-state index contributed by atoms with van der Waals surface area (Å²) in [7, 11) is 0. The first-order valence-corrected chi connectivity index (χ1v) is 6.51. The van der Waals surface area contributed by atoms with Crippen LogP contribution in [0.1, 0.15) is 30.9 Å². The molecule has 0 unspecified atom stereocenters. The molecular formula is C14H18F3NO. The maximum absolute atomic E-state index is 13.1. The summed E-state index contributed by atoms with van der Waals surface area (Å²) in [6.45, 7) is 2.72. The van der Waals surface area contributed by atoms with Gasteiger partial charge in [-0.15, -0.1) is 0 Å². The molecule has 0 saturated heterocycles. The average Bonchev–Trinajstić information content (AvgIpc) is 3.18.